The van der Waals surface area contributed by atoms with Crippen LogP contribution in [0.15, 0.2) is 42.5 Å². The third kappa shape index (κ3) is 7.29. The number of carbonyl (C=O) groups is 2. The number of halogens is 1. The SMILES string of the molecule is COc1ccc(N(CC(=O)N(Cc2ccccc2Cl)[C@H](C)C(=O)NC2CCCC2)S(C)(=O)=O)c(OC)c1. The molecule has 0 aromatic heterocycles. The van der Waals surface area contributed by atoms with Crippen LogP contribution in [0.4, 0.5) is 5.69 Å². The molecule has 1 atom stereocenters. The van der Waals surface area contributed by atoms with E-state index in [0.29, 0.717) is 16.3 Å². The molecule has 11 heteroatoms. The predicted octanol–water partition coefficient (Wildman–Crippen LogP) is 3.60. The molecule has 2 aromatic carbocycles. The Bertz CT molecular complexity index is 1220. The van der Waals surface area contributed by atoms with Crippen LogP contribution in [0.5, 0.6) is 11.5 Å². The Morgan fingerprint density at radius 1 is 1.11 bits per heavy atom. The van der Waals surface area contributed by atoms with Gasteiger partial charge in [0.25, 0.3) is 0 Å². The molecule has 2 aromatic rings. The number of benzene rings is 2. The first-order valence-corrected chi connectivity index (χ1v) is 14.3. The second-order valence-electron chi connectivity index (χ2n) is 9.09. The zero-order chi connectivity index (χ0) is 27.2. The van der Waals surface area contributed by atoms with Crippen molar-refractivity contribution in [1.82, 2.24) is 10.2 Å². The summed E-state index contributed by atoms with van der Waals surface area (Å²) in [6.07, 6.45) is 4.91. The van der Waals surface area contributed by atoms with Gasteiger partial charge in [-0.1, -0.05) is 42.6 Å². The smallest absolute Gasteiger partial charge is 0.244 e. The zero-order valence-electron chi connectivity index (χ0n) is 21.6. The number of sulfonamides is 1. The van der Waals surface area contributed by atoms with Crippen molar-refractivity contribution in [2.75, 3.05) is 31.3 Å². The molecule has 9 nitrogen and oxygen atoms in total. The molecule has 0 unspecified atom stereocenters. The van der Waals surface area contributed by atoms with Crippen molar-refractivity contribution in [3.63, 3.8) is 0 Å². The molecule has 0 radical (unpaired) electrons. The number of hydrogen-bond donors (Lipinski definition) is 1. The van der Waals surface area contributed by atoms with Gasteiger partial charge in [-0.2, -0.15) is 0 Å². The van der Waals surface area contributed by atoms with Crippen molar-refractivity contribution in [3.05, 3.63) is 53.1 Å². The molecule has 1 N–H and O–H groups in total. The molecule has 1 fully saturated rings. The molecule has 2 amide bonds. The molecule has 0 aliphatic heterocycles. The van der Waals surface area contributed by atoms with Crippen LogP contribution in [-0.4, -0.2) is 64.2 Å². The molecule has 0 bridgehead atoms. The minimum absolute atomic E-state index is 0.0368. The van der Waals surface area contributed by atoms with E-state index < -0.39 is 28.5 Å². The number of amides is 2. The number of methoxy groups -OCH3 is 2. The molecule has 3 rings (SSSR count). The summed E-state index contributed by atoms with van der Waals surface area (Å²) < 4.78 is 37.2. The number of nitrogens with zero attached hydrogens (tertiary/aromatic N) is 2. The molecular formula is C26H34ClN3O6S. The van der Waals surface area contributed by atoms with Crippen LogP contribution in [0.2, 0.25) is 5.02 Å². The molecule has 202 valence electrons. The summed E-state index contributed by atoms with van der Waals surface area (Å²) in [7, 11) is -1.02. The second kappa shape index (κ2) is 12.5. The highest BCUT2D eigenvalue weighted by molar-refractivity contribution is 7.92. The summed E-state index contributed by atoms with van der Waals surface area (Å²) >= 11 is 6.36. The highest BCUT2D eigenvalue weighted by atomic mass is 35.5. The molecule has 1 saturated carbocycles. The quantitative estimate of drug-likeness (QED) is 0.457. The van der Waals surface area contributed by atoms with Crippen molar-refractivity contribution in [3.8, 4) is 11.5 Å². The van der Waals surface area contributed by atoms with Gasteiger partial charge in [0.2, 0.25) is 21.8 Å². The maximum atomic E-state index is 13.7. The maximum Gasteiger partial charge on any atom is 0.244 e. The van der Waals surface area contributed by atoms with Crippen LogP contribution in [0, 0.1) is 0 Å². The lowest BCUT2D eigenvalue weighted by molar-refractivity contribution is -0.139. The van der Waals surface area contributed by atoms with Gasteiger partial charge in [0.1, 0.15) is 24.1 Å². The largest absolute Gasteiger partial charge is 0.497 e. The van der Waals surface area contributed by atoms with Gasteiger partial charge < -0.3 is 19.7 Å². The Morgan fingerprint density at radius 3 is 2.38 bits per heavy atom. The first kappa shape index (κ1) is 28.6. The summed E-state index contributed by atoms with van der Waals surface area (Å²) in [5.74, 6) is -0.155. The van der Waals surface area contributed by atoms with Crippen molar-refractivity contribution in [2.45, 2.75) is 51.2 Å². The molecule has 1 aliphatic carbocycles. The first-order valence-electron chi connectivity index (χ1n) is 12.1. The van der Waals surface area contributed by atoms with Gasteiger partial charge in [-0.3, -0.25) is 13.9 Å². The molecule has 0 saturated heterocycles. The average Bonchev–Trinajstić information content (AvgIpc) is 3.38. The highest BCUT2D eigenvalue weighted by Gasteiger charge is 2.32. The number of rotatable bonds is 11. The van der Waals surface area contributed by atoms with Crippen LogP contribution in [0.25, 0.3) is 0 Å². The van der Waals surface area contributed by atoms with E-state index in [0.717, 1.165) is 36.2 Å². The first-order chi connectivity index (χ1) is 17.5. The van der Waals surface area contributed by atoms with E-state index in [1.54, 1.807) is 37.3 Å². The summed E-state index contributed by atoms with van der Waals surface area (Å²) in [6, 6.07) is 10.9. The number of hydrogen-bond acceptors (Lipinski definition) is 6. The topological polar surface area (TPSA) is 105 Å². The summed E-state index contributed by atoms with van der Waals surface area (Å²) in [4.78, 5) is 28.2. The minimum Gasteiger partial charge on any atom is -0.497 e. The maximum absolute atomic E-state index is 13.7. The molecule has 37 heavy (non-hydrogen) atoms. The normalized spacial score (nSPS) is 14.6. The van der Waals surface area contributed by atoms with Gasteiger partial charge in [-0.05, 0) is 43.5 Å². The fraction of sp³-hybridized carbons (Fsp3) is 0.462. The van der Waals surface area contributed by atoms with Crippen molar-refractivity contribution in [2.24, 2.45) is 0 Å². The molecule has 1 aliphatic rings. The van der Waals surface area contributed by atoms with Crippen LogP contribution >= 0.6 is 11.6 Å². The predicted molar refractivity (Wildman–Crippen MR) is 144 cm³/mol. The lowest BCUT2D eigenvalue weighted by Gasteiger charge is -2.32. The fourth-order valence-electron chi connectivity index (χ4n) is 4.37. The van der Waals surface area contributed by atoms with Crippen LogP contribution in [-0.2, 0) is 26.2 Å². The average molecular weight is 552 g/mol. The Morgan fingerprint density at radius 2 is 1.78 bits per heavy atom. The van der Waals surface area contributed by atoms with Crippen LogP contribution in [0.1, 0.15) is 38.2 Å². The van der Waals surface area contributed by atoms with E-state index in [1.165, 1.54) is 31.3 Å². The van der Waals surface area contributed by atoms with E-state index in [2.05, 4.69) is 5.32 Å². The van der Waals surface area contributed by atoms with Crippen molar-refractivity contribution >= 4 is 39.1 Å². The minimum atomic E-state index is -3.91. The second-order valence-corrected chi connectivity index (χ2v) is 11.4. The summed E-state index contributed by atoms with van der Waals surface area (Å²) in [5.41, 5.74) is 0.825. The standard InChI is InChI=1S/C26H34ClN3O6S/c1-18(26(32)28-20-10-6-7-11-20)29(16-19-9-5-8-12-22(19)27)25(31)17-30(37(4,33)34)23-14-13-21(35-2)15-24(23)36-3/h5,8-9,12-15,18,20H,6-7,10-11,16-17H2,1-4H3,(H,28,32)/t18-/m1/s1. The molecule has 0 heterocycles. The van der Waals surface area contributed by atoms with Gasteiger partial charge in [0.15, 0.2) is 0 Å². The monoisotopic (exact) mass is 551 g/mol. The fourth-order valence-corrected chi connectivity index (χ4v) is 5.42. The van der Waals surface area contributed by atoms with Gasteiger partial charge in [0.05, 0.1) is 26.2 Å². The van der Waals surface area contributed by atoms with Gasteiger partial charge in [-0.25, -0.2) is 8.42 Å². The van der Waals surface area contributed by atoms with Gasteiger partial charge >= 0.3 is 0 Å². The number of carbonyl (C=O) groups excluding carboxylic acids is 2. The van der Waals surface area contributed by atoms with Crippen molar-refractivity contribution in [1.29, 1.82) is 0 Å². The Kier molecular flexibility index (Phi) is 9.67. The van der Waals surface area contributed by atoms with Crippen LogP contribution in [0.3, 0.4) is 0 Å². The Balaban J connectivity index is 1.94. The van der Waals surface area contributed by atoms with E-state index in [-0.39, 0.29) is 29.9 Å². The Hall–Kier alpha value is -2.98. The molecular weight excluding hydrogens is 518 g/mol. The molecule has 0 spiro atoms. The van der Waals surface area contributed by atoms with E-state index in [4.69, 9.17) is 21.1 Å². The third-order valence-electron chi connectivity index (χ3n) is 6.50. The Labute approximate surface area is 223 Å². The number of nitrogens with one attached hydrogen (secondary N) is 1. The lowest BCUT2D eigenvalue weighted by Crippen LogP contribution is -2.52. The van der Waals surface area contributed by atoms with E-state index >= 15 is 0 Å². The third-order valence-corrected chi connectivity index (χ3v) is 8.00. The zero-order valence-corrected chi connectivity index (χ0v) is 23.1. The highest BCUT2D eigenvalue weighted by Crippen LogP contribution is 2.34. The summed E-state index contributed by atoms with van der Waals surface area (Å²) in [6.45, 7) is 1.14. The van der Waals surface area contributed by atoms with Gasteiger partial charge in [-0.15, -0.1) is 0 Å². The van der Waals surface area contributed by atoms with E-state index in [9.17, 15) is 18.0 Å². The van der Waals surface area contributed by atoms with Crippen molar-refractivity contribution < 1.29 is 27.5 Å². The number of ether oxygens (including phenoxy) is 2. The lowest BCUT2D eigenvalue weighted by atomic mass is 10.1. The van der Waals surface area contributed by atoms with Crippen LogP contribution < -0.4 is 19.1 Å². The number of anilines is 1. The van der Waals surface area contributed by atoms with E-state index in [1.807, 2.05) is 0 Å². The van der Waals surface area contributed by atoms with Gasteiger partial charge in [0, 0.05) is 23.7 Å². The summed E-state index contributed by atoms with van der Waals surface area (Å²) in [5, 5.41) is 3.47.